The highest BCUT2D eigenvalue weighted by molar-refractivity contribution is 5.38. The summed E-state index contributed by atoms with van der Waals surface area (Å²) in [5.74, 6) is 1.63. The number of fused-ring (bicyclic) bond motifs is 1. The molecule has 0 radical (unpaired) electrons. The third-order valence-corrected chi connectivity index (χ3v) is 1.96. The molecule has 1 aliphatic rings. The van der Waals surface area contributed by atoms with Gasteiger partial charge < -0.3 is 14.5 Å². The van der Waals surface area contributed by atoms with Gasteiger partial charge in [-0.1, -0.05) is 0 Å². The molecule has 3 nitrogen and oxygen atoms in total. The molecule has 2 unspecified atom stereocenters. The van der Waals surface area contributed by atoms with Crippen molar-refractivity contribution < 1.29 is 9.47 Å². The maximum absolute atomic E-state index is 5.53. The van der Waals surface area contributed by atoms with E-state index in [0.29, 0.717) is 0 Å². The van der Waals surface area contributed by atoms with Gasteiger partial charge in [-0.3, -0.25) is 0 Å². The minimum Gasteiger partial charge on any atom is -0.481 e. The molecule has 1 aliphatic heterocycles. The molecule has 3 heteroatoms. The fourth-order valence-electron chi connectivity index (χ4n) is 1.11. The van der Waals surface area contributed by atoms with Crippen LogP contribution in [0.15, 0.2) is 12.4 Å². The lowest BCUT2D eigenvalue weighted by molar-refractivity contribution is 0.0442. The van der Waals surface area contributed by atoms with E-state index in [0.717, 1.165) is 11.5 Å². The average molecular weight is 153 g/mol. The largest absolute Gasteiger partial charge is 0.481 e. The molecule has 2 rings (SSSR count). The lowest BCUT2D eigenvalue weighted by Gasteiger charge is -2.27. The van der Waals surface area contributed by atoms with E-state index in [2.05, 4.69) is 4.98 Å². The summed E-state index contributed by atoms with van der Waals surface area (Å²) in [5, 5.41) is 0. The van der Waals surface area contributed by atoms with Gasteiger partial charge in [0.05, 0.1) is 0 Å². The van der Waals surface area contributed by atoms with Crippen LogP contribution < -0.4 is 9.47 Å². The minimum atomic E-state index is 0.137. The molecule has 60 valence electrons. The Balaban J connectivity index is 2.30. The Kier molecular flexibility index (Phi) is 1.31. The molecule has 0 saturated carbocycles. The predicted octanol–water partition coefficient (Wildman–Crippen LogP) is 1.56. The Morgan fingerprint density at radius 1 is 1.09 bits per heavy atom. The van der Waals surface area contributed by atoms with E-state index in [1.54, 1.807) is 12.4 Å². The standard InChI is InChI=1S/C8H11NO2/c1-5-6(2)11-8-4-9-3-7(8)10-5/h3-6,9H,1-2H3. The van der Waals surface area contributed by atoms with Crippen molar-refractivity contribution in [3.63, 3.8) is 0 Å². The second-order valence-corrected chi connectivity index (χ2v) is 2.83. The van der Waals surface area contributed by atoms with Gasteiger partial charge in [-0.2, -0.15) is 0 Å². The number of nitrogens with one attached hydrogen (secondary N) is 1. The molecule has 1 N–H and O–H groups in total. The van der Waals surface area contributed by atoms with Crippen LogP contribution in [-0.4, -0.2) is 17.2 Å². The van der Waals surface area contributed by atoms with Crippen LogP contribution in [0.2, 0.25) is 0 Å². The van der Waals surface area contributed by atoms with Crippen LogP contribution in [0.25, 0.3) is 0 Å². The van der Waals surface area contributed by atoms with Gasteiger partial charge in [-0.25, -0.2) is 0 Å². The molecule has 0 saturated heterocycles. The van der Waals surface area contributed by atoms with Crippen molar-refractivity contribution in [2.45, 2.75) is 26.1 Å². The number of ether oxygens (including phenoxy) is 2. The number of aromatic nitrogens is 1. The Labute approximate surface area is 65.3 Å². The SMILES string of the molecule is CC1Oc2c[nH]cc2OC1C. The molecule has 0 spiro atoms. The van der Waals surface area contributed by atoms with Crippen LogP contribution in [0.4, 0.5) is 0 Å². The molecule has 2 heterocycles. The minimum absolute atomic E-state index is 0.137. The number of aromatic amines is 1. The summed E-state index contributed by atoms with van der Waals surface area (Å²) in [4.78, 5) is 2.93. The second-order valence-electron chi connectivity index (χ2n) is 2.83. The zero-order valence-electron chi connectivity index (χ0n) is 6.63. The fraction of sp³-hybridized carbons (Fsp3) is 0.500. The lowest BCUT2D eigenvalue weighted by Crippen LogP contribution is -2.34. The summed E-state index contributed by atoms with van der Waals surface area (Å²) in [7, 11) is 0. The quantitative estimate of drug-likeness (QED) is 0.613. The summed E-state index contributed by atoms with van der Waals surface area (Å²) in [6.07, 6.45) is 3.88. The topological polar surface area (TPSA) is 34.2 Å². The third kappa shape index (κ3) is 0.964. The molecule has 0 aliphatic carbocycles. The first-order valence-corrected chi connectivity index (χ1v) is 3.77. The van der Waals surface area contributed by atoms with E-state index in [1.165, 1.54) is 0 Å². The Hall–Kier alpha value is -1.12. The van der Waals surface area contributed by atoms with Gasteiger partial charge in [0, 0.05) is 12.4 Å². The normalized spacial score (nSPS) is 28.5. The van der Waals surface area contributed by atoms with Gasteiger partial charge in [-0.05, 0) is 13.8 Å². The van der Waals surface area contributed by atoms with Crippen LogP contribution in [0.3, 0.4) is 0 Å². The highest BCUT2D eigenvalue weighted by atomic mass is 16.6. The summed E-state index contributed by atoms with van der Waals surface area (Å²) in [6, 6.07) is 0. The van der Waals surface area contributed by atoms with Gasteiger partial charge in [0.2, 0.25) is 0 Å². The van der Waals surface area contributed by atoms with E-state index in [-0.39, 0.29) is 12.2 Å². The Morgan fingerprint density at radius 3 is 2.00 bits per heavy atom. The van der Waals surface area contributed by atoms with E-state index < -0.39 is 0 Å². The zero-order chi connectivity index (χ0) is 7.84. The Morgan fingerprint density at radius 2 is 1.55 bits per heavy atom. The molecule has 1 aromatic heterocycles. The Bertz CT molecular complexity index is 232. The molecule has 2 atom stereocenters. The zero-order valence-corrected chi connectivity index (χ0v) is 6.63. The highest BCUT2D eigenvalue weighted by Gasteiger charge is 2.24. The number of hydrogen-bond donors (Lipinski definition) is 1. The molecule has 0 amide bonds. The van der Waals surface area contributed by atoms with Crippen molar-refractivity contribution >= 4 is 0 Å². The third-order valence-electron chi connectivity index (χ3n) is 1.96. The second kappa shape index (κ2) is 2.19. The summed E-state index contributed by atoms with van der Waals surface area (Å²) in [6.45, 7) is 4.00. The number of hydrogen-bond acceptors (Lipinski definition) is 2. The van der Waals surface area contributed by atoms with Gasteiger partial charge in [0.1, 0.15) is 12.2 Å². The summed E-state index contributed by atoms with van der Waals surface area (Å²) >= 11 is 0. The first kappa shape index (κ1) is 6.58. The smallest absolute Gasteiger partial charge is 0.179 e. The molecule has 0 aromatic carbocycles. The average Bonchev–Trinajstić information content (AvgIpc) is 2.36. The molecule has 1 aromatic rings. The van der Waals surface area contributed by atoms with Gasteiger partial charge in [0.25, 0.3) is 0 Å². The summed E-state index contributed by atoms with van der Waals surface area (Å²) < 4.78 is 11.1. The van der Waals surface area contributed by atoms with Crippen LogP contribution in [0.1, 0.15) is 13.8 Å². The van der Waals surface area contributed by atoms with Gasteiger partial charge in [-0.15, -0.1) is 0 Å². The first-order chi connectivity index (χ1) is 5.27. The van der Waals surface area contributed by atoms with E-state index in [4.69, 9.17) is 9.47 Å². The van der Waals surface area contributed by atoms with Gasteiger partial charge in [0.15, 0.2) is 11.5 Å². The van der Waals surface area contributed by atoms with Crippen molar-refractivity contribution in [2.75, 3.05) is 0 Å². The van der Waals surface area contributed by atoms with Crippen LogP contribution >= 0.6 is 0 Å². The van der Waals surface area contributed by atoms with Crippen molar-refractivity contribution in [3.05, 3.63) is 12.4 Å². The molecule has 0 bridgehead atoms. The van der Waals surface area contributed by atoms with E-state index in [9.17, 15) is 0 Å². The summed E-state index contributed by atoms with van der Waals surface area (Å²) in [5.41, 5.74) is 0. The maximum atomic E-state index is 5.53. The van der Waals surface area contributed by atoms with Crippen molar-refractivity contribution in [1.29, 1.82) is 0 Å². The van der Waals surface area contributed by atoms with Crippen LogP contribution in [0.5, 0.6) is 11.5 Å². The van der Waals surface area contributed by atoms with Crippen LogP contribution in [-0.2, 0) is 0 Å². The first-order valence-electron chi connectivity index (χ1n) is 3.77. The van der Waals surface area contributed by atoms with E-state index >= 15 is 0 Å². The van der Waals surface area contributed by atoms with Gasteiger partial charge >= 0.3 is 0 Å². The monoisotopic (exact) mass is 153 g/mol. The van der Waals surface area contributed by atoms with Crippen LogP contribution in [0, 0.1) is 0 Å². The lowest BCUT2D eigenvalue weighted by atomic mass is 10.2. The molecule has 11 heavy (non-hydrogen) atoms. The molecular formula is C8H11NO2. The fourth-order valence-corrected chi connectivity index (χ4v) is 1.11. The van der Waals surface area contributed by atoms with E-state index in [1.807, 2.05) is 13.8 Å². The van der Waals surface area contributed by atoms with Crippen molar-refractivity contribution in [3.8, 4) is 11.5 Å². The number of H-pyrrole nitrogens is 1. The number of rotatable bonds is 0. The van der Waals surface area contributed by atoms with Crippen molar-refractivity contribution in [2.24, 2.45) is 0 Å². The maximum Gasteiger partial charge on any atom is 0.179 e. The van der Waals surface area contributed by atoms with Crippen molar-refractivity contribution in [1.82, 2.24) is 4.98 Å². The highest BCUT2D eigenvalue weighted by Crippen LogP contribution is 2.32. The molecule has 0 fully saturated rings. The molecular weight excluding hydrogens is 142 g/mol. The predicted molar refractivity (Wildman–Crippen MR) is 41.0 cm³/mol.